The van der Waals surface area contributed by atoms with E-state index >= 15 is 0 Å². The Balaban J connectivity index is 1.89. The van der Waals surface area contributed by atoms with Gasteiger partial charge in [-0.3, -0.25) is 9.59 Å². The molecule has 0 aromatic heterocycles. The molecular weight excluding hydrogens is 316 g/mol. The van der Waals surface area contributed by atoms with E-state index in [4.69, 9.17) is 4.74 Å². The normalized spacial score (nSPS) is 29.5. The predicted molar refractivity (Wildman–Crippen MR) is 96.1 cm³/mol. The fourth-order valence-corrected chi connectivity index (χ4v) is 4.51. The minimum atomic E-state index is -0.361. The van der Waals surface area contributed by atoms with Gasteiger partial charge in [0, 0.05) is 19.6 Å². The van der Waals surface area contributed by atoms with Crippen LogP contribution in [0.2, 0.25) is 0 Å². The fourth-order valence-electron chi connectivity index (χ4n) is 4.51. The summed E-state index contributed by atoms with van der Waals surface area (Å²) in [5.41, 5.74) is 0.854. The second-order valence-corrected chi connectivity index (χ2v) is 7.51. The van der Waals surface area contributed by atoms with Gasteiger partial charge in [0.25, 0.3) is 0 Å². The zero-order chi connectivity index (χ0) is 17.9. The number of benzene rings is 1. The van der Waals surface area contributed by atoms with Gasteiger partial charge < -0.3 is 15.0 Å². The lowest BCUT2D eigenvalue weighted by Gasteiger charge is -2.38. The van der Waals surface area contributed by atoms with Crippen LogP contribution in [-0.4, -0.2) is 48.1 Å². The number of likely N-dealkylation sites (tertiary alicyclic amines) is 1. The van der Waals surface area contributed by atoms with Crippen LogP contribution in [-0.2, 0) is 20.7 Å². The highest BCUT2D eigenvalue weighted by Crippen LogP contribution is 2.39. The third-order valence-corrected chi connectivity index (χ3v) is 5.55. The SMILES string of the molecule is COCC(=O)N1[C@H](Cc2ccccc2)C[C@]2(C)NC(=O)CCCC[C@H]12. The van der Waals surface area contributed by atoms with Gasteiger partial charge in [0.1, 0.15) is 6.61 Å². The smallest absolute Gasteiger partial charge is 0.249 e. The van der Waals surface area contributed by atoms with Crippen LogP contribution in [0.1, 0.15) is 44.6 Å². The van der Waals surface area contributed by atoms with Crippen molar-refractivity contribution in [2.45, 2.75) is 63.1 Å². The van der Waals surface area contributed by atoms with Gasteiger partial charge in [-0.15, -0.1) is 0 Å². The summed E-state index contributed by atoms with van der Waals surface area (Å²) < 4.78 is 5.13. The highest BCUT2D eigenvalue weighted by Gasteiger charge is 2.51. The molecule has 5 heteroatoms. The molecule has 0 radical (unpaired) electrons. The average Bonchev–Trinajstić information content (AvgIpc) is 2.82. The zero-order valence-electron chi connectivity index (χ0n) is 15.2. The van der Waals surface area contributed by atoms with E-state index < -0.39 is 0 Å². The number of hydrogen-bond donors (Lipinski definition) is 1. The molecule has 3 rings (SSSR count). The van der Waals surface area contributed by atoms with E-state index in [9.17, 15) is 9.59 Å². The molecule has 5 nitrogen and oxygen atoms in total. The second-order valence-electron chi connectivity index (χ2n) is 7.51. The summed E-state index contributed by atoms with van der Waals surface area (Å²) in [6, 6.07) is 10.4. The van der Waals surface area contributed by atoms with Gasteiger partial charge in [-0.1, -0.05) is 36.8 Å². The number of carbonyl (C=O) groups excluding carboxylic acids is 2. The molecule has 1 N–H and O–H groups in total. The lowest BCUT2D eigenvalue weighted by molar-refractivity contribution is -0.139. The number of hydrogen-bond acceptors (Lipinski definition) is 3. The minimum Gasteiger partial charge on any atom is -0.375 e. The van der Waals surface area contributed by atoms with E-state index in [1.54, 1.807) is 7.11 Å². The molecule has 1 aromatic carbocycles. The molecule has 2 amide bonds. The lowest BCUT2D eigenvalue weighted by Crippen LogP contribution is -2.56. The van der Waals surface area contributed by atoms with Gasteiger partial charge in [0.2, 0.25) is 11.8 Å². The Morgan fingerprint density at radius 2 is 2.08 bits per heavy atom. The number of methoxy groups -OCH3 is 1. The molecule has 136 valence electrons. The maximum absolute atomic E-state index is 12.8. The van der Waals surface area contributed by atoms with Crippen LogP contribution in [0.5, 0.6) is 0 Å². The summed E-state index contributed by atoms with van der Waals surface area (Å²) in [6.45, 7) is 2.19. The second kappa shape index (κ2) is 7.56. The predicted octanol–water partition coefficient (Wildman–Crippen LogP) is 2.29. The summed E-state index contributed by atoms with van der Waals surface area (Å²) in [5.74, 6) is 0.124. The minimum absolute atomic E-state index is 0.0204. The van der Waals surface area contributed by atoms with Gasteiger partial charge in [-0.2, -0.15) is 0 Å². The molecule has 0 unspecified atom stereocenters. The van der Waals surface area contributed by atoms with Crippen LogP contribution in [0.15, 0.2) is 30.3 Å². The molecule has 2 aliphatic heterocycles. The first kappa shape index (κ1) is 17.9. The number of nitrogens with one attached hydrogen (secondary N) is 1. The van der Waals surface area contributed by atoms with Gasteiger partial charge >= 0.3 is 0 Å². The van der Waals surface area contributed by atoms with E-state index in [1.807, 2.05) is 23.1 Å². The first-order chi connectivity index (χ1) is 12.0. The fraction of sp³-hybridized carbons (Fsp3) is 0.600. The van der Waals surface area contributed by atoms with E-state index in [-0.39, 0.29) is 36.0 Å². The molecule has 2 fully saturated rings. The van der Waals surface area contributed by atoms with Crippen molar-refractivity contribution >= 4 is 11.8 Å². The highest BCUT2D eigenvalue weighted by atomic mass is 16.5. The molecule has 2 aliphatic rings. The van der Waals surface area contributed by atoms with Crippen molar-refractivity contribution in [1.82, 2.24) is 10.2 Å². The van der Waals surface area contributed by atoms with Crippen molar-refractivity contribution in [3.63, 3.8) is 0 Å². The van der Waals surface area contributed by atoms with Gasteiger partial charge in [0.15, 0.2) is 0 Å². The number of nitrogens with zero attached hydrogens (tertiary/aromatic N) is 1. The van der Waals surface area contributed by atoms with E-state index in [0.29, 0.717) is 6.42 Å². The first-order valence-electron chi connectivity index (χ1n) is 9.18. The molecule has 25 heavy (non-hydrogen) atoms. The summed E-state index contributed by atoms with van der Waals surface area (Å²) in [7, 11) is 1.55. The Morgan fingerprint density at radius 1 is 1.32 bits per heavy atom. The van der Waals surface area contributed by atoms with Crippen LogP contribution in [0, 0.1) is 0 Å². The molecule has 2 saturated heterocycles. The van der Waals surface area contributed by atoms with Crippen molar-refractivity contribution in [1.29, 1.82) is 0 Å². The van der Waals surface area contributed by atoms with E-state index in [1.165, 1.54) is 5.56 Å². The molecule has 0 bridgehead atoms. The summed E-state index contributed by atoms with van der Waals surface area (Å²) in [6.07, 6.45) is 4.96. The molecule has 1 aromatic rings. The topological polar surface area (TPSA) is 58.6 Å². The molecule has 3 atom stereocenters. The Labute approximate surface area is 149 Å². The quantitative estimate of drug-likeness (QED) is 0.912. The van der Waals surface area contributed by atoms with Crippen molar-refractivity contribution < 1.29 is 14.3 Å². The van der Waals surface area contributed by atoms with Crippen LogP contribution >= 0.6 is 0 Å². The maximum atomic E-state index is 12.8. The summed E-state index contributed by atoms with van der Waals surface area (Å²) in [5, 5.41) is 3.23. The maximum Gasteiger partial charge on any atom is 0.249 e. The number of ether oxygens (including phenoxy) is 1. The molecule has 0 aliphatic carbocycles. The Morgan fingerprint density at radius 3 is 2.80 bits per heavy atom. The van der Waals surface area contributed by atoms with Crippen molar-refractivity contribution in [2.75, 3.05) is 13.7 Å². The highest BCUT2D eigenvalue weighted by molar-refractivity contribution is 5.80. The number of rotatable bonds is 4. The summed E-state index contributed by atoms with van der Waals surface area (Å²) in [4.78, 5) is 27.0. The van der Waals surface area contributed by atoms with Crippen LogP contribution < -0.4 is 5.32 Å². The van der Waals surface area contributed by atoms with Gasteiger partial charge in [-0.25, -0.2) is 0 Å². The molecule has 0 saturated carbocycles. The zero-order valence-corrected chi connectivity index (χ0v) is 15.2. The average molecular weight is 344 g/mol. The van der Waals surface area contributed by atoms with Crippen LogP contribution in [0.4, 0.5) is 0 Å². The Kier molecular flexibility index (Phi) is 5.42. The Bertz CT molecular complexity index is 619. The Hall–Kier alpha value is -1.88. The first-order valence-corrected chi connectivity index (χ1v) is 9.18. The standard InChI is InChI=1S/C20H28N2O3/c1-20-13-16(12-15-8-4-3-5-9-15)22(19(24)14-25-2)17(20)10-6-7-11-18(23)21-20/h3-5,8-9,16-17H,6-7,10-14H2,1-2H3,(H,21,23)/t16-,17+,20+/m1/s1. The summed E-state index contributed by atoms with van der Waals surface area (Å²) >= 11 is 0. The van der Waals surface area contributed by atoms with Crippen molar-refractivity contribution in [2.24, 2.45) is 0 Å². The molecule has 2 heterocycles. The third kappa shape index (κ3) is 3.87. The van der Waals surface area contributed by atoms with Gasteiger partial charge in [0.05, 0.1) is 11.6 Å². The van der Waals surface area contributed by atoms with Crippen LogP contribution in [0.25, 0.3) is 0 Å². The van der Waals surface area contributed by atoms with E-state index in [2.05, 4.69) is 24.4 Å². The van der Waals surface area contributed by atoms with Crippen LogP contribution in [0.3, 0.4) is 0 Å². The largest absolute Gasteiger partial charge is 0.375 e. The molecular formula is C20H28N2O3. The van der Waals surface area contributed by atoms with Gasteiger partial charge in [-0.05, 0) is 38.2 Å². The molecule has 0 spiro atoms. The monoisotopic (exact) mass is 344 g/mol. The van der Waals surface area contributed by atoms with Crippen molar-refractivity contribution in [3.8, 4) is 0 Å². The third-order valence-electron chi connectivity index (χ3n) is 5.55. The number of carbonyl (C=O) groups is 2. The van der Waals surface area contributed by atoms with E-state index in [0.717, 1.165) is 32.1 Å². The lowest BCUT2D eigenvalue weighted by atomic mass is 9.85. The number of fused-ring (bicyclic) bond motifs is 1. The number of amides is 2. The van der Waals surface area contributed by atoms with Crippen molar-refractivity contribution in [3.05, 3.63) is 35.9 Å².